The van der Waals surface area contributed by atoms with Crippen LogP contribution in [0.15, 0.2) is 43.1 Å². The van der Waals surface area contributed by atoms with E-state index in [0.717, 1.165) is 12.4 Å². The minimum absolute atomic E-state index is 0.0663. The molecule has 2 N–H and O–H groups in total. The molecule has 1 aliphatic rings. The quantitative estimate of drug-likeness (QED) is 0.807. The number of β-amino-alcohol motifs (C(OH)–C–C–N with tert-alkyl or cyclic N) is 1. The van der Waals surface area contributed by atoms with Crippen molar-refractivity contribution in [1.29, 1.82) is 0 Å². The van der Waals surface area contributed by atoms with Gasteiger partial charge in [-0.3, -0.25) is 4.79 Å². The second kappa shape index (κ2) is 6.78. The molecule has 1 atom stereocenters. The first-order chi connectivity index (χ1) is 11.1. The Morgan fingerprint density at radius 1 is 1.39 bits per heavy atom. The van der Waals surface area contributed by atoms with Crippen molar-refractivity contribution >= 4 is 11.7 Å². The van der Waals surface area contributed by atoms with Crippen LogP contribution in [0.1, 0.15) is 12.8 Å². The second-order valence-corrected chi connectivity index (χ2v) is 5.91. The molecule has 2 aromatic rings. The number of hydrogen-bond acceptors (Lipinski definition) is 5. The Morgan fingerprint density at radius 3 is 3.04 bits per heavy atom. The molecule has 0 saturated carbocycles. The number of amides is 1. The zero-order chi connectivity index (χ0) is 16.1. The molecule has 0 spiro atoms. The number of aromatic nitrogens is 3. The van der Waals surface area contributed by atoms with Crippen LogP contribution < -0.4 is 10.2 Å². The summed E-state index contributed by atoms with van der Waals surface area (Å²) in [5, 5.41) is 13.5. The number of nitrogens with zero attached hydrogens (tertiary/aromatic N) is 4. The second-order valence-electron chi connectivity index (χ2n) is 5.91. The lowest BCUT2D eigenvalue weighted by Crippen LogP contribution is -2.45. The summed E-state index contributed by atoms with van der Waals surface area (Å²) in [6, 6.07) is 5.72. The molecule has 7 heteroatoms. The first-order valence-electron chi connectivity index (χ1n) is 7.75. The topological polar surface area (TPSA) is 83.3 Å². The fourth-order valence-corrected chi connectivity index (χ4v) is 2.74. The van der Waals surface area contributed by atoms with Crippen LogP contribution in [0.4, 0.5) is 5.82 Å². The van der Waals surface area contributed by atoms with Gasteiger partial charge in [-0.15, -0.1) is 0 Å². The molecule has 3 heterocycles. The van der Waals surface area contributed by atoms with Gasteiger partial charge in [0.05, 0.1) is 6.33 Å². The van der Waals surface area contributed by atoms with Crippen LogP contribution in [0.3, 0.4) is 0 Å². The molecule has 1 amide bonds. The average Bonchev–Trinajstić information content (AvgIpc) is 3.22. The smallest absolute Gasteiger partial charge is 0.221 e. The van der Waals surface area contributed by atoms with Gasteiger partial charge in [-0.05, 0) is 18.6 Å². The predicted octanol–water partition coefficient (Wildman–Crippen LogP) is 0.426. The molecule has 1 aliphatic heterocycles. The highest BCUT2D eigenvalue weighted by molar-refractivity contribution is 5.75. The SMILES string of the molecule is O=C(CCn1ccnc1)NCC1(O)CCN(c2ccccn2)C1. The fourth-order valence-electron chi connectivity index (χ4n) is 2.74. The summed E-state index contributed by atoms with van der Waals surface area (Å²) in [5.74, 6) is 0.790. The molecule has 0 bridgehead atoms. The van der Waals surface area contributed by atoms with Crippen molar-refractivity contribution in [3.63, 3.8) is 0 Å². The van der Waals surface area contributed by atoms with E-state index in [1.54, 1.807) is 18.7 Å². The Balaban J connectivity index is 1.45. The minimum Gasteiger partial charge on any atom is -0.386 e. The summed E-state index contributed by atoms with van der Waals surface area (Å²) >= 11 is 0. The van der Waals surface area contributed by atoms with Crippen molar-refractivity contribution in [3.05, 3.63) is 43.1 Å². The highest BCUT2D eigenvalue weighted by atomic mass is 16.3. The summed E-state index contributed by atoms with van der Waals surface area (Å²) in [5.41, 5.74) is -0.901. The van der Waals surface area contributed by atoms with Crippen molar-refractivity contribution in [2.24, 2.45) is 0 Å². The lowest BCUT2D eigenvalue weighted by atomic mass is 10.0. The maximum absolute atomic E-state index is 11.9. The van der Waals surface area contributed by atoms with Crippen LogP contribution in [0.5, 0.6) is 0 Å². The predicted molar refractivity (Wildman–Crippen MR) is 85.9 cm³/mol. The van der Waals surface area contributed by atoms with Gasteiger partial charge in [0.1, 0.15) is 11.4 Å². The summed E-state index contributed by atoms with van der Waals surface area (Å²) in [7, 11) is 0. The number of rotatable bonds is 6. The molecule has 1 unspecified atom stereocenters. The standard InChI is InChI=1S/C16H21N5O2/c22-15(4-8-20-10-7-17-13-20)19-11-16(23)5-9-21(12-16)14-3-1-2-6-18-14/h1-3,6-7,10,13,23H,4-5,8-9,11-12H2,(H,19,22). The van der Waals surface area contributed by atoms with E-state index in [4.69, 9.17) is 0 Å². The Morgan fingerprint density at radius 2 is 2.30 bits per heavy atom. The van der Waals surface area contributed by atoms with Crippen LogP contribution in [0, 0.1) is 0 Å². The molecule has 23 heavy (non-hydrogen) atoms. The summed E-state index contributed by atoms with van der Waals surface area (Å²) in [4.78, 5) is 22.2. The summed E-state index contributed by atoms with van der Waals surface area (Å²) in [6.07, 6.45) is 7.92. The number of imidazole rings is 1. The van der Waals surface area contributed by atoms with Gasteiger partial charge in [0.2, 0.25) is 5.91 Å². The van der Waals surface area contributed by atoms with E-state index in [2.05, 4.69) is 15.3 Å². The molecule has 0 radical (unpaired) electrons. The number of anilines is 1. The molecule has 3 rings (SSSR count). The van der Waals surface area contributed by atoms with Gasteiger partial charge in [-0.25, -0.2) is 9.97 Å². The normalized spacial score (nSPS) is 20.7. The highest BCUT2D eigenvalue weighted by Crippen LogP contribution is 2.24. The molecule has 122 valence electrons. The zero-order valence-corrected chi connectivity index (χ0v) is 12.9. The third-order valence-electron chi connectivity index (χ3n) is 4.08. The molecule has 0 aliphatic carbocycles. The first kappa shape index (κ1) is 15.5. The third-order valence-corrected chi connectivity index (χ3v) is 4.08. The number of aryl methyl sites for hydroxylation is 1. The Bertz CT molecular complexity index is 631. The molecular weight excluding hydrogens is 294 g/mol. The van der Waals surface area contributed by atoms with E-state index in [0.29, 0.717) is 25.9 Å². The van der Waals surface area contributed by atoms with Crippen molar-refractivity contribution in [2.45, 2.75) is 25.0 Å². The van der Waals surface area contributed by atoms with E-state index in [-0.39, 0.29) is 12.5 Å². The lowest BCUT2D eigenvalue weighted by Gasteiger charge is -2.24. The van der Waals surface area contributed by atoms with E-state index in [9.17, 15) is 9.90 Å². The van der Waals surface area contributed by atoms with Crippen molar-refractivity contribution in [1.82, 2.24) is 19.9 Å². The third kappa shape index (κ3) is 4.07. The number of aliphatic hydroxyl groups is 1. The number of nitrogens with one attached hydrogen (secondary N) is 1. The van der Waals surface area contributed by atoms with Gasteiger partial charge in [-0.1, -0.05) is 6.07 Å². The Hall–Kier alpha value is -2.41. The number of carbonyl (C=O) groups is 1. The average molecular weight is 315 g/mol. The van der Waals surface area contributed by atoms with E-state index in [1.165, 1.54) is 0 Å². The largest absolute Gasteiger partial charge is 0.386 e. The molecule has 1 saturated heterocycles. The zero-order valence-electron chi connectivity index (χ0n) is 12.9. The van der Waals surface area contributed by atoms with Gasteiger partial charge < -0.3 is 19.9 Å². The van der Waals surface area contributed by atoms with Crippen LogP contribution in [0.2, 0.25) is 0 Å². The van der Waals surface area contributed by atoms with E-state index in [1.807, 2.05) is 33.9 Å². The Kier molecular flexibility index (Phi) is 4.57. The maximum atomic E-state index is 11.9. The maximum Gasteiger partial charge on any atom is 0.221 e. The molecule has 1 fully saturated rings. The van der Waals surface area contributed by atoms with Crippen LogP contribution in [-0.2, 0) is 11.3 Å². The monoisotopic (exact) mass is 315 g/mol. The van der Waals surface area contributed by atoms with E-state index >= 15 is 0 Å². The lowest BCUT2D eigenvalue weighted by molar-refractivity contribution is -0.122. The summed E-state index contributed by atoms with van der Waals surface area (Å²) in [6.45, 7) is 2.06. The molecule has 0 aromatic carbocycles. The highest BCUT2D eigenvalue weighted by Gasteiger charge is 2.36. The van der Waals surface area contributed by atoms with Gasteiger partial charge in [0.15, 0.2) is 0 Å². The first-order valence-corrected chi connectivity index (χ1v) is 7.75. The van der Waals surface area contributed by atoms with Crippen LogP contribution in [-0.4, -0.2) is 50.8 Å². The Labute approximate surface area is 135 Å². The van der Waals surface area contributed by atoms with Crippen molar-refractivity contribution in [2.75, 3.05) is 24.5 Å². The van der Waals surface area contributed by atoms with Gasteiger partial charge in [-0.2, -0.15) is 0 Å². The van der Waals surface area contributed by atoms with Gasteiger partial charge >= 0.3 is 0 Å². The number of hydrogen-bond donors (Lipinski definition) is 2. The number of pyridine rings is 1. The molecule has 2 aromatic heterocycles. The van der Waals surface area contributed by atoms with Crippen LogP contribution >= 0.6 is 0 Å². The fraction of sp³-hybridized carbons (Fsp3) is 0.438. The minimum atomic E-state index is -0.901. The molecular formula is C16H21N5O2. The van der Waals surface area contributed by atoms with E-state index < -0.39 is 5.60 Å². The van der Waals surface area contributed by atoms with Gasteiger partial charge in [0.25, 0.3) is 0 Å². The van der Waals surface area contributed by atoms with Crippen molar-refractivity contribution in [3.8, 4) is 0 Å². The molecule has 7 nitrogen and oxygen atoms in total. The van der Waals surface area contributed by atoms with Crippen LogP contribution in [0.25, 0.3) is 0 Å². The van der Waals surface area contributed by atoms with Gasteiger partial charge in [0, 0.05) is 51.2 Å². The number of carbonyl (C=O) groups excluding carboxylic acids is 1. The summed E-state index contributed by atoms with van der Waals surface area (Å²) < 4.78 is 1.85. The van der Waals surface area contributed by atoms with Crippen molar-refractivity contribution < 1.29 is 9.90 Å².